The van der Waals surface area contributed by atoms with Gasteiger partial charge in [0, 0.05) is 42.8 Å². The van der Waals surface area contributed by atoms with Crippen molar-refractivity contribution in [1.29, 1.82) is 0 Å². The molecule has 312 valence electrons. The highest BCUT2D eigenvalue weighted by Gasteiger charge is 2.14. The summed E-state index contributed by atoms with van der Waals surface area (Å²) in [5.74, 6) is 2.57. The van der Waals surface area contributed by atoms with Gasteiger partial charge in [0.2, 0.25) is 11.5 Å². The molecule has 58 heavy (non-hydrogen) atoms. The molecule has 0 N–H and O–H groups in total. The normalized spacial score (nSPS) is 11.2. The van der Waals surface area contributed by atoms with Gasteiger partial charge in [-0.2, -0.15) is 0 Å². The minimum Gasteiger partial charge on any atom is -0.493 e. The van der Waals surface area contributed by atoms with Gasteiger partial charge in [-0.25, -0.2) is 14.4 Å². The van der Waals surface area contributed by atoms with E-state index in [9.17, 15) is 14.4 Å². The molecule has 0 amide bonds. The highest BCUT2D eigenvalue weighted by Crippen LogP contribution is 2.39. The lowest BCUT2D eigenvalue weighted by Crippen LogP contribution is -2.29. The van der Waals surface area contributed by atoms with E-state index < -0.39 is 17.6 Å². The van der Waals surface area contributed by atoms with Crippen LogP contribution in [0.2, 0.25) is 0 Å². The van der Waals surface area contributed by atoms with Crippen LogP contribution in [0.15, 0.2) is 76.0 Å². The van der Waals surface area contributed by atoms with Gasteiger partial charge in [-0.1, -0.05) is 0 Å². The lowest BCUT2D eigenvalue weighted by molar-refractivity contribution is -0.138. The zero-order valence-corrected chi connectivity index (χ0v) is 34.0. The Bertz CT molecular complexity index is 2000. The molecule has 0 aliphatic carbocycles. The second kappa shape index (κ2) is 23.8. The molecule has 0 unspecified atom stereocenters. The second-order valence-corrected chi connectivity index (χ2v) is 12.8. The highest BCUT2D eigenvalue weighted by atomic mass is 16.5. The van der Waals surface area contributed by atoms with Gasteiger partial charge in [0.05, 0.1) is 62.5 Å². The smallest absolute Gasteiger partial charge is 0.336 e. The number of carbonyl (C=O) groups is 2. The lowest BCUT2D eigenvalue weighted by Gasteiger charge is -2.22. The number of esters is 2. The summed E-state index contributed by atoms with van der Waals surface area (Å²) in [6, 6.07) is 15.5. The van der Waals surface area contributed by atoms with E-state index in [0.29, 0.717) is 82.9 Å². The first-order valence-corrected chi connectivity index (χ1v) is 18.9. The van der Waals surface area contributed by atoms with Crippen LogP contribution in [0, 0.1) is 0 Å². The standard InChI is InChI=1S/C44H53NO13/c1-49-36-26-31(27-37(50-2)43(36)53-5)12-17-40(46)56-23-9-7-8-20-45(21-10-24-55-34-16-14-33-15-19-42(48)58-35(33)30-34)22-11-25-57-41(47)18-13-32-28-38(51-3)44(54-6)39(29-32)52-4/h12-19,26-30H,7-11,20-25H2,1-6H3/b17-12+,18-13+. The van der Waals surface area contributed by atoms with Gasteiger partial charge in [-0.3, -0.25) is 0 Å². The van der Waals surface area contributed by atoms with Gasteiger partial charge < -0.3 is 51.9 Å². The second-order valence-electron chi connectivity index (χ2n) is 12.8. The van der Waals surface area contributed by atoms with E-state index in [-0.39, 0.29) is 13.2 Å². The molecule has 0 radical (unpaired) electrons. The summed E-state index contributed by atoms with van der Waals surface area (Å²) in [6.07, 6.45) is 9.79. The Hall–Kier alpha value is -6.15. The van der Waals surface area contributed by atoms with Gasteiger partial charge >= 0.3 is 17.6 Å². The Kier molecular flexibility index (Phi) is 18.3. The molecule has 0 aliphatic rings. The monoisotopic (exact) mass is 803 g/mol. The minimum absolute atomic E-state index is 0.243. The average molecular weight is 804 g/mol. The zero-order chi connectivity index (χ0) is 41.7. The third kappa shape index (κ3) is 13.8. The Morgan fingerprint density at radius 3 is 1.57 bits per heavy atom. The molecule has 0 saturated heterocycles. The predicted octanol–water partition coefficient (Wildman–Crippen LogP) is 6.99. The summed E-state index contributed by atoms with van der Waals surface area (Å²) >= 11 is 0. The minimum atomic E-state index is -0.465. The number of hydrogen-bond acceptors (Lipinski definition) is 14. The number of nitrogens with zero attached hydrogens (tertiary/aromatic N) is 1. The van der Waals surface area contributed by atoms with Crippen molar-refractivity contribution in [2.75, 3.05) is 82.1 Å². The molecule has 14 nitrogen and oxygen atoms in total. The van der Waals surface area contributed by atoms with Crippen molar-refractivity contribution >= 4 is 35.1 Å². The van der Waals surface area contributed by atoms with E-state index in [1.165, 1.54) is 60.9 Å². The fourth-order valence-corrected chi connectivity index (χ4v) is 6.01. The van der Waals surface area contributed by atoms with Crippen LogP contribution in [-0.2, 0) is 19.1 Å². The van der Waals surface area contributed by atoms with E-state index in [1.54, 1.807) is 48.6 Å². The maximum absolute atomic E-state index is 12.5. The molecule has 0 saturated carbocycles. The molecule has 0 aliphatic heterocycles. The SMILES string of the molecule is COc1cc(/C=C/C(=O)OCCCCCN(CCCOC(=O)/C=C/c2cc(OC)c(OC)c(OC)c2)CCCOc2ccc3ccc(=O)oc3c2)cc(OC)c1OC. The topological polar surface area (TPSA) is 151 Å². The molecule has 14 heteroatoms. The molecular formula is C44H53NO13. The Morgan fingerprint density at radius 1 is 0.569 bits per heavy atom. The number of rotatable bonds is 25. The largest absolute Gasteiger partial charge is 0.493 e. The number of hydrogen-bond donors (Lipinski definition) is 0. The fraction of sp³-hybridized carbons (Fsp3) is 0.386. The first-order valence-electron chi connectivity index (χ1n) is 18.9. The number of methoxy groups -OCH3 is 6. The molecule has 0 atom stereocenters. The number of unbranched alkanes of at least 4 members (excludes halogenated alkanes) is 2. The summed E-state index contributed by atoms with van der Waals surface area (Å²) in [5, 5.41) is 0.817. The Labute approximate surface area is 338 Å². The average Bonchev–Trinajstić information content (AvgIpc) is 3.24. The number of ether oxygens (including phenoxy) is 9. The molecule has 0 bridgehead atoms. The van der Waals surface area contributed by atoms with Crippen LogP contribution in [0.3, 0.4) is 0 Å². The molecule has 4 rings (SSSR count). The maximum atomic E-state index is 12.5. The summed E-state index contributed by atoms with van der Waals surface area (Å²) < 4.78 is 54.4. The zero-order valence-electron chi connectivity index (χ0n) is 34.0. The van der Waals surface area contributed by atoms with Crippen molar-refractivity contribution in [2.24, 2.45) is 0 Å². The van der Waals surface area contributed by atoms with E-state index in [2.05, 4.69) is 4.90 Å². The van der Waals surface area contributed by atoms with Crippen molar-refractivity contribution in [1.82, 2.24) is 4.90 Å². The summed E-state index contributed by atoms with van der Waals surface area (Å²) in [5.41, 5.74) is 1.45. The molecule has 0 spiro atoms. The predicted molar refractivity (Wildman–Crippen MR) is 220 cm³/mol. The van der Waals surface area contributed by atoms with Crippen molar-refractivity contribution in [3.8, 4) is 40.2 Å². The summed E-state index contributed by atoms with van der Waals surface area (Å²) in [4.78, 5) is 38.9. The lowest BCUT2D eigenvalue weighted by atomic mass is 10.1. The quantitative estimate of drug-likeness (QED) is 0.0293. The van der Waals surface area contributed by atoms with Gasteiger partial charge in [-0.15, -0.1) is 0 Å². The number of carbonyl (C=O) groups excluding carboxylic acids is 2. The summed E-state index contributed by atoms with van der Waals surface area (Å²) in [7, 11) is 9.17. The van der Waals surface area contributed by atoms with Crippen LogP contribution in [0.5, 0.6) is 40.2 Å². The van der Waals surface area contributed by atoms with Crippen LogP contribution < -0.4 is 38.8 Å². The van der Waals surface area contributed by atoms with Gasteiger partial charge in [0.25, 0.3) is 0 Å². The van der Waals surface area contributed by atoms with E-state index in [0.717, 1.165) is 37.7 Å². The van der Waals surface area contributed by atoms with Crippen molar-refractivity contribution in [2.45, 2.75) is 32.1 Å². The number of benzene rings is 3. The van der Waals surface area contributed by atoms with E-state index >= 15 is 0 Å². The van der Waals surface area contributed by atoms with Crippen LogP contribution in [0.25, 0.3) is 23.1 Å². The van der Waals surface area contributed by atoms with E-state index in [1.807, 2.05) is 12.1 Å². The first kappa shape index (κ1) is 44.6. The molecule has 1 aromatic heterocycles. The molecule has 0 fully saturated rings. The van der Waals surface area contributed by atoms with Gasteiger partial charge in [0.1, 0.15) is 11.3 Å². The molecule has 1 heterocycles. The van der Waals surface area contributed by atoms with Crippen LogP contribution in [0.1, 0.15) is 43.2 Å². The third-order valence-corrected chi connectivity index (χ3v) is 8.91. The van der Waals surface area contributed by atoms with Crippen LogP contribution >= 0.6 is 0 Å². The first-order chi connectivity index (χ1) is 28.2. The molecular weight excluding hydrogens is 750 g/mol. The molecule has 3 aromatic carbocycles. The molecule has 4 aromatic rings. The van der Waals surface area contributed by atoms with Crippen molar-refractivity contribution in [3.05, 3.63) is 88.3 Å². The fourth-order valence-electron chi connectivity index (χ4n) is 6.01. The van der Waals surface area contributed by atoms with Gasteiger partial charge in [-0.05, 0) is 104 Å². The Balaban J connectivity index is 1.24. The van der Waals surface area contributed by atoms with E-state index in [4.69, 9.17) is 47.0 Å². The Morgan fingerprint density at radius 2 is 1.05 bits per heavy atom. The highest BCUT2D eigenvalue weighted by molar-refractivity contribution is 5.88. The summed E-state index contributed by atoms with van der Waals surface area (Å²) in [6.45, 7) is 3.24. The van der Waals surface area contributed by atoms with Crippen LogP contribution in [-0.4, -0.2) is 99.0 Å². The van der Waals surface area contributed by atoms with Crippen molar-refractivity contribution in [3.63, 3.8) is 0 Å². The third-order valence-electron chi connectivity index (χ3n) is 8.91. The van der Waals surface area contributed by atoms with Gasteiger partial charge in [0.15, 0.2) is 23.0 Å². The van der Waals surface area contributed by atoms with Crippen molar-refractivity contribution < 1.29 is 56.6 Å². The van der Waals surface area contributed by atoms with Crippen LogP contribution in [0.4, 0.5) is 0 Å². The number of fused-ring (bicyclic) bond motifs is 1. The maximum Gasteiger partial charge on any atom is 0.336 e.